The molecule has 0 bridgehead atoms. The van der Waals surface area contributed by atoms with E-state index in [1.165, 1.54) is 23.7 Å². The summed E-state index contributed by atoms with van der Waals surface area (Å²) >= 11 is 0. The van der Waals surface area contributed by atoms with E-state index in [0.717, 1.165) is 4.57 Å². The molecule has 8 nitrogen and oxygen atoms in total. The summed E-state index contributed by atoms with van der Waals surface area (Å²) in [5.74, 6) is 0. The third kappa shape index (κ3) is 2.46. The second-order valence-corrected chi connectivity index (χ2v) is 6.25. The summed E-state index contributed by atoms with van der Waals surface area (Å²) in [7, 11) is 3.03. The van der Waals surface area contributed by atoms with Gasteiger partial charge in [0.1, 0.15) is 0 Å². The molecule has 130 valence electrons. The number of non-ortho nitro benzene ring substituents is 1. The number of aromatic nitrogens is 3. The van der Waals surface area contributed by atoms with Gasteiger partial charge in [-0.3, -0.25) is 24.0 Å². The number of nitro groups is 1. The van der Waals surface area contributed by atoms with E-state index in [1.807, 2.05) is 18.4 Å². The third-order valence-electron chi connectivity index (χ3n) is 4.35. The number of benzene rings is 1. The van der Waals surface area contributed by atoms with Gasteiger partial charge in [-0.05, 0) is 13.8 Å². The molecule has 8 heteroatoms. The maximum Gasteiger partial charge on any atom is 0.330 e. The highest BCUT2D eigenvalue weighted by molar-refractivity contribution is 5.94. The van der Waals surface area contributed by atoms with Gasteiger partial charge in [0.25, 0.3) is 11.2 Å². The fraction of sp³-hybridized carbons (Fsp3) is 0.294. The van der Waals surface area contributed by atoms with Crippen molar-refractivity contribution >= 4 is 16.6 Å². The van der Waals surface area contributed by atoms with Crippen molar-refractivity contribution in [1.82, 2.24) is 13.7 Å². The highest BCUT2D eigenvalue weighted by Crippen LogP contribution is 2.32. The lowest BCUT2D eigenvalue weighted by atomic mass is 10.1. The van der Waals surface area contributed by atoms with Crippen molar-refractivity contribution in [2.24, 2.45) is 14.1 Å². The van der Waals surface area contributed by atoms with Crippen LogP contribution in [0.1, 0.15) is 19.9 Å². The van der Waals surface area contributed by atoms with Crippen molar-refractivity contribution in [3.63, 3.8) is 0 Å². The van der Waals surface area contributed by atoms with Gasteiger partial charge < -0.3 is 4.57 Å². The second kappa shape index (κ2) is 5.73. The van der Waals surface area contributed by atoms with E-state index in [-0.39, 0.29) is 11.7 Å². The Bertz CT molecular complexity index is 1120. The summed E-state index contributed by atoms with van der Waals surface area (Å²) < 4.78 is 4.33. The molecule has 0 atom stereocenters. The van der Waals surface area contributed by atoms with Gasteiger partial charge in [-0.15, -0.1) is 0 Å². The lowest BCUT2D eigenvalue weighted by molar-refractivity contribution is -0.384. The molecule has 0 fully saturated rings. The molecule has 3 rings (SSSR count). The standard InChI is InChI=1S/C17H18N4O4/c1-10(2)20-9-13-14(16(22)19(4)17(23)18(13)3)15(20)11-6-5-7-12(8-11)21(24)25/h5-10H,1-4H3. The van der Waals surface area contributed by atoms with Crippen LogP contribution >= 0.6 is 0 Å². The molecule has 0 saturated carbocycles. The fourth-order valence-corrected chi connectivity index (χ4v) is 3.03. The molecular formula is C17H18N4O4. The Balaban J connectivity index is 2.51. The summed E-state index contributed by atoms with van der Waals surface area (Å²) in [5.41, 5.74) is 0.758. The average molecular weight is 342 g/mol. The molecule has 0 aliphatic carbocycles. The summed E-state index contributed by atoms with van der Waals surface area (Å²) in [4.78, 5) is 35.6. The highest BCUT2D eigenvalue weighted by atomic mass is 16.6. The van der Waals surface area contributed by atoms with Gasteiger partial charge in [-0.25, -0.2) is 4.79 Å². The zero-order chi connectivity index (χ0) is 18.5. The van der Waals surface area contributed by atoms with E-state index in [4.69, 9.17) is 0 Å². The van der Waals surface area contributed by atoms with Crippen LogP contribution in [0.4, 0.5) is 5.69 Å². The molecule has 3 aromatic rings. The second-order valence-electron chi connectivity index (χ2n) is 6.25. The van der Waals surface area contributed by atoms with E-state index in [1.54, 1.807) is 25.4 Å². The molecule has 0 unspecified atom stereocenters. The first-order valence-electron chi connectivity index (χ1n) is 7.79. The Morgan fingerprint density at radius 2 is 1.80 bits per heavy atom. The zero-order valence-electron chi connectivity index (χ0n) is 14.4. The number of hydrogen-bond acceptors (Lipinski definition) is 4. The van der Waals surface area contributed by atoms with Crippen molar-refractivity contribution < 1.29 is 4.92 Å². The fourth-order valence-electron chi connectivity index (χ4n) is 3.03. The molecule has 0 aliphatic rings. The molecule has 2 heterocycles. The predicted octanol–water partition coefficient (Wildman–Crippen LogP) is 2.19. The normalized spacial score (nSPS) is 11.4. The van der Waals surface area contributed by atoms with Gasteiger partial charge in [-0.1, -0.05) is 12.1 Å². The van der Waals surface area contributed by atoms with Crippen molar-refractivity contribution in [2.75, 3.05) is 0 Å². The van der Waals surface area contributed by atoms with Crippen LogP contribution in [0.25, 0.3) is 22.2 Å². The highest BCUT2D eigenvalue weighted by Gasteiger charge is 2.21. The number of nitro benzene ring substituents is 1. The van der Waals surface area contributed by atoms with E-state index in [2.05, 4.69) is 0 Å². The summed E-state index contributed by atoms with van der Waals surface area (Å²) in [5, 5.41) is 11.5. The van der Waals surface area contributed by atoms with Gasteiger partial charge in [-0.2, -0.15) is 0 Å². The summed E-state index contributed by atoms with van der Waals surface area (Å²) in [6, 6.07) is 6.16. The Kier molecular flexibility index (Phi) is 3.82. The Morgan fingerprint density at radius 1 is 1.12 bits per heavy atom. The van der Waals surface area contributed by atoms with Crippen LogP contribution < -0.4 is 11.2 Å². The summed E-state index contributed by atoms with van der Waals surface area (Å²) in [6.45, 7) is 3.89. The molecular weight excluding hydrogens is 324 g/mol. The zero-order valence-corrected chi connectivity index (χ0v) is 14.4. The third-order valence-corrected chi connectivity index (χ3v) is 4.35. The predicted molar refractivity (Wildman–Crippen MR) is 94.9 cm³/mol. The van der Waals surface area contributed by atoms with Crippen LogP contribution in [0, 0.1) is 10.1 Å². The first-order chi connectivity index (χ1) is 11.7. The van der Waals surface area contributed by atoms with Crippen molar-refractivity contribution in [1.29, 1.82) is 0 Å². The molecule has 0 saturated heterocycles. The minimum Gasteiger partial charge on any atom is -0.342 e. The number of aryl methyl sites for hydroxylation is 1. The van der Waals surface area contributed by atoms with Crippen LogP contribution in [0.3, 0.4) is 0 Å². The maximum absolute atomic E-state index is 12.8. The van der Waals surface area contributed by atoms with E-state index in [9.17, 15) is 19.7 Å². The number of rotatable bonds is 3. The van der Waals surface area contributed by atoms with E-state index in [0.29, 0.717) is 22.2 Å². The Labute approximate surface area is 142 Å². The van der Waals surface area contributed by atoms with Gasteiger partial charge in [0.05, 0.1) is 21.5 Å². The lowest BCUT2D eigenvalue weighted by Gasteiger charge is -2.13. The number of nitrogens with zero attached hydrogens (tertiary/aromatic N) is 4. The van der Waals surface area contributed by atoms with Crippen LogP contribution in [0.2, 0.25) is 0 Å². The topological polar surface area (TPSA) is 92.1 Å². The number of hydrogen-bond donors (Lipinski definition) is 0. The minimum absolute atomic E-state index is 0.00136. The molecule has 0 radical (unpaired) electrons. The molecule has 0 aliphatic heterocycles. The Morgan fingerprint density at radius 3 is 2.40 bits per heavy atom. The van der Waals surface area contributed by atoms with Crippen molar-refractivity contribution in [3.05, 3.63) is 61.4 Å². The molecule has 0 spiro atoms. The van der Waals surface area contributed by atoms with Crippen LogP contribution in [0.5, 0.6) is 0 Å². The Hall–Kier alpha value is -3.16. The minimum atomic E-state index is -0.470. The summed E-state index contributed by atoms with van der Waals surface area (Å²) in [6.07, 6.45) is 1.75. The quantitative estimate of drug-likeness (QED) is 0.539. The largest absolute Gasteiger partial charge is 0.342 e. The molecule has 2 aromatic heterocycles. The van der Waals surface area contributed by atoms with Crippen LogP contribution in [-0.2, 0) is 14.1 Å². The first kappa shape index (κ1) is 16.7. The lowest BCUT2D eigenvalue weighted by Crippen LogP contribution is -2.36. The molecule has 1 aromatic carbocycles. The molecule has 25 heavy (non-hydrogen) atoms. The monoisotopic (exact) mass is 342 g/mol. The van der Waals surface area contributed by atoms with Gasteiger partial charge in [0, 0.05) is 44.0 Å². The van der Waals surface area contributed by atoms with Crippen molar-refractivity contribution in [2.45, 2.75) is 19.9 Å². The average Bonchev–Trinajstić information content (AvgIpc) is 2.99. The molecule has 0 amide bonds. The van der Waals surface area contributed by atoms with E-state index >= 15 is 0 Å². The van der Waals surface area contributed by atoms with Gasteiger partial charge in [0.15, 0.2) is 0 Å². The SMILES string of the molecule is CC(C)n1cc2c(c1-c1cccc([N+](=O)[O-])c1)c(=O)n(C)c(=O)n2C. The van der Waals surface area contributed by atoms with Gasteiger partial charge >= 0.3 is 5.69 Å². The van der Waals surface area contributed by atoms with Crippen LogP contribution in [-0.4, -0.2) is 18.6 Å². The molecule has 0 N–H and O–H groups in total. The van der Waals surface area contributed by atoms with Gasteiger partial charge in [0.2, 0.25) is 0 Å². The van der Waals surface area contributed by atoms with E-state index < -0.39 is 16.2 Å². The number of fused-ring (bicyclic) bond motifs is 1. The first-order valence-corrected chi connectivity index (χ1v) is 7.79. The van der Waals surface area contributed by atoms with Crippen molar-refractivity contribution in [3.8, 4) is 11.3 Å². The van der Waals surface area contributed by atoms with Crippen LogP contribution in [0.15, 0.2) is 40.1 Å². The smallest absolute Gasteiger partial charge is 0.330 e. The maximum atomic E-state index is 12.8.